The number of nitrogens with zero attached hydrogens (tertiary/aromatic N) is 3. The molecule has 1 atom stereocenters. The van der Waals surface area contributed by atoms with Crippen LogP contribution in [0.15, 0.2) is 49.8 Å². The van der Waals surface area contributed by atoms with Crippen LogP contribution in [0, 0.1) is 0 Å². The van der Waals surface area contributed by atoms with Crippen LogP contribution >= 0.6 is 0 Å². The van der Waals surface area contributed by atoms with Crippen molar-refractivity contribution in [3.05, 3.63) is 36.0 Å². The van der Waals surface area contributed by atoms with Crippen LogP contribution in [0.3, 0.4) is 0 Å². The minimum Gasteiger partial charge on any atom is -0.435 e. The molecule has 3 aromatic rings. The summed E-state index contributed by atoms with van der Waals surface area (Å²) in [6.07, 6.45) is 1.12. The Bertz CT molecular complexity index is 1290. The average molecular weight is 462 g/mol. The van der Waals surface area contributed by atoms with E-state index >= 15 is 0 Å². The van der Waals surface area contributed by atoms with Gasteiger partial charge in [0.15, 0.2) is 32.1 Å². The van der Waals surface area contributed by atoms with E-state index in [4.69, 9.17) is 15.4 Å². The number of sulfone groups is 1. The summed E-state index contributed by atoms with van der Waals surface area (Å²) >= 11 is 0. The standard InChI is InChI=1S/C16H13F3N4O5S2/c1-2-30(26,27)12-5-8(14(20)23-24)7-21-13(12)15-22-10-6-9(3-4-11(10)28-15)29(25)16(17,18)19/h3-7,24H,2H2,1H3,(H2,20,23). The third-order valence-electron chi connectivity index (χ3n) is 3.96. The van der Waals surface area contributed by atoms with Gasteiger partial charge in [0.25, 0.3) is 0 Å². The summed E-state index contributed by atoms with van der Waals surface area (Å²) in [7, 11) is -7.14. The molecule has 0 aliphatic rings. The van der Waals surface area contributed by atoms with Crippen molar-refractivity contribution in [2.24, 2.45) is 10.9 Å². The van der Waals surface area contributed by atoms with Crippen molar-refractivity contribution >= 4 is 37.6 Å². The molecule has 0 saturated heterocycles. The van der Waals surface area contributed by atoms with Gasteiger partial charge in [0.2, 0.25) is 5.89 Å². The van der Waals surface area contributed by atoms with Gasteiger partial charge in [0.05, 0.1) is 15.5 Å². The van der Waals surface area contributed by atoms with Crippen molar-refractivity contribution in [1.29, 1.82) is 0 Å². The number of oxazole rings is 1. The summed E-state index contributed by atoms with van der Waals surface area (Å²) in [6, 6.07) is 4.17. The van der Waals surface area contributed by atoms with Crippen molar-refractivity contribution in [2.45, 2.75) is 22.2 Å². The number of hydrogen-bond acceptors (Lipinski definition) is 8. The van der Waals surface area contributed by atoms with E-state index in [0.717, 1.165) is 30.5 Å². The molecule has 0 radical (unpaired) electrons. The molecule has 1 unspecified atom stereocenters. The Balaban J connectivity index is 2.19. The van der Waals surface area contributed by atoms with Crippen molar-refractivity contribution in [1.82, 2.24) is 9.97 Å². The second kappa shape index (κ2) is 7.68. The Kier molecular flexibility index (Phi) is 5.56. The van der Waals surface area contributed by atoms with Gasteiger partial charge in [-0.2, -0.15) is 13.2 Å². The first kappa shape index (κ1) is 21.7. The van der Waals surface area contributed by atoms with E-state index in [0.29, 0.717) is 0 Å². The van der Waals surface area contributed by atoms with Crippen LogP contribution in [0.25, 0.3) is 22.7 Å². The number of benzene rings is 1. The number of halogens is 3. The maximum atomic E-state index is 12.7. The molecular weight excluding hydrogens is 449 g/mol. The van der Waals surface area contributed by atoms with E-state index in [-0.39, 0.29) is 44.7 Å². The maximum Gasteiger partial charge on any atom is 0.475 e. The summed E-state index contributed by atoms with van der Waals surface area (Å²) in [6.45, 7) is 1.39. The molecule has 14 heteroatoms. The lowest BCUT2D eigenvalue weighted by atomic mass is 10.2. The number of alkyl halides is 3. The first-order valence-electron chi connectivity index (χ1n) is 8.08. The smallest absolute Gasteiger partial charge is 0.435 e. The SMILES string of the molecule is CCS(=O)(=O)c1cc(C(N)=NO)cnc1-c1nc2cc(S(=O)C(F)(F)F)ccc2o1. The molecule has 0 aliphatic carbocycles. The van der Waals surface area contributed by atoms with E-state index in [1.165, 1.54) is 6.92 Å². The van der Waals surface area contributed by atoms with Gasteiger partial charge in [0.1, 0.15) is 11.2 Å². The molecule has 0 saturated carbocycles. The monoisotopic (exact) mass is 462 g/mol. The molecule has 3 rings (SSSR count). The van der Waals surface area contributed by atoms with E-state index in [1.807, 2.05) is 0 Å². The Hall–Kier alpha value is -3.00. The molecule has 1 aromatic carbocycles. The third kappa shape index (κ3) is 4.00. The van der Waals surface area contributed by atoms with Gasteiger partial charge < -0.3 is 15.4 Å². The quantitative estimate of drug-likeness (QED) is 0.254. The molecule has 0 bridgehead atoms. The zero-order chi connectivity index (χ0) is 22.3. The molecule has 2 aromatic heterocycles. The zero-order valence-electron chi connectivity index (χ0n) is 15.0. The van der Waals surface area contributed by atoms with Gasteiger partial charge in [-0.1, -0.05) is 12.1 Å². The second-order valence-corrected chi connectivity index (χ2v) is 9.54. The van der Waals surface area contributed by atoms with Crippen LogP contribution in [0.2, 0.25) is 0 Å². The van der Waals surface area contributed by atoms with Gasteiger partial charge in [-0.05, 0) is 24.3 Å². The lowest BCUT2D eigenvalue weighted by Crippen LogP contribution is -2.16. The van der Waals surface area contributed by atoms with E-state index < -0.39 is 31.0 Å². The number of pyridine rings is 1. The van der Waals surface area contributed by atoms with E-state index in [1.54, 1.807) is 0 Å². The first-order chi connectivity index (χ1) is 14.0. The number of fused-ring (bicyclic) bond motifs is 1. The molecule has 0 amide bonds. The summed E-state index contributed by atoms with van der Waals surface area (Å²) in [5.41, 5.74) is 0.316. The predicted octanol–water partition coefficient (Wildman–Crippen LogP) is 2.41. The number of oxime groups is 1. The number of rotatable bonds is 5. The Labute approximate surface area is 169 Å². The molecule has 0 fully saturated rings. The zero-order valence-corrected chi connectivity index (χ0v) is 16.7. The minimum absolute atomic E-state index is 0.0206. The second-order valence-electron chi connectivity index (χ2n) is 5.82. The summed E-state index contributed by atoms with van der Waals surface area (Å²) < 4.78 is 80.1. The van der Waals surface area contributed by atoms with Crippen LogP contribution in [0.5, 0.6) is 0 Å². The summed E-state index contributed by atoms with van der Waals surface area (Å²) in [5, 5.41) is 11.6. The number of nitrogens with two attached hydrogens (primary N) is 1. The lowest BCUT2D eigenvalue weighted by molar-refractivity contribution is -0.0384. The largest absolute Gasteiger partial charge is 0.475 e. The van der Waals surface area contributed by atoms with Crippen molar-refractivity contribution in [2.75, 3.05) is 5.75 Å². The van der Waals surface area contributed by atoms with Crippen LogP contribution in [-0.4, -0.2) is 44.9 Å². The average Bonchev–Trinajstić information content (AvgIpc) is 3.14. The predicted molar refractivity (Wildman–Crippen MR) is 99.9 cm³/mol. The highest BCUT2D eigenvalue weighted by molar-refractivity contribution is 7.91. The Morgan fingerprint density at radius 2 is 2.03 bits per heavy atom. The van der Waals surface area contributed by atoms with Crippen LogP contribution in [0.4, 0.5) is 13.2 Å². The first-order valence-corrected chi connectivity index (χ1v) is 10.9. The highest BCUT2D eigenvalue weighted by atomic mass is 32.2. The van der Waals surface area contributed by atoms with Gasteiger partial charge >= 0.3 is 5.51 Å². The van der Waals surface area contributed by atoms with E-state index in [9.17, 15) is 25.8 Å². The Morgan fingerprint density at radius 3 is 2.63 bits per heavy atom. The number of amidine groups is 1. The van der Waals surface area contributed by atoms with E-state index in [2.05, 4.69) is 15.1 Å². The minimum atomic E-state index is -4.95. The van der Waals surface area contributed by atoms with Crippen LogP contribution in [0.1, 0.15) is 12.5 Å². The molecule has 30 heavy (non-hydrogen) atoms. The van der Waals surface area contributed by atoms with Gasteiger partial charge in [-0.25, -0.2) is 22.6 Å². The number of hydrogen-bond donors (Lipinski definition) is 2. The van der Waals surface area contributed by atoms with Gasteiger partial charge in [-0.15, -0.1) is 0 Å². The fraction of sp³-hybridized carbons (Fsp3) is 0.188. The molecule has 2 heterocycles. The highest BCUT2D eigenvalue weighted by Gasteiger charge is 2.38. The van der Waals surface area contributed by atoms with Crippen molar-refractivity contribution in [3.8, 4) is 11.6 Å². The lowest BCUT2D eigenvalue weighted by Gasteiger charge is -2.08. The van der Waals surface area contributed by atoms with Gasteiger partial charge in [-0.3, -0.25) is 0 Å². The highest BCUT2D eigenvalue weighted by Crippen LogP contribution is 2.32. The molecular formula is C16H13F3N4O5S2. The van der Waals surface area contributed by atoms with Crippen LogP contribution in [-0.2, 0) is 20.6 Å². The third-order valence-corrected chi connectivity index (χ3v) is 6.80. The fourth-order valence-electron chi connectivity index (χ4n) is 2.45. The fourth-order valence-corrected chi connectivity index (χ4v) is 4.18. The molecule has 0 aliphatic heterocycles. The van der Waals surface area contributed by atoms with Crippen molar-refractivity contribution in [3.63, 3.8) is 0 Å². The van der Waals surface area contributed by atoms with Crippen LogP contribution < -0.4 is 5.73 Å². The van der Waals surface area contributed by atoms with Crippen molar-refractivity contribution < 1.29 is 35.4 Å². The van der Waals surface area contributed by atoms with Gasteiger partial charge in [0, 0.05) is 11.8 Å². The summed E-state index contributed by atoms with van der Waals surface area (Å²) in [4.78, 5) is 7.13. The molecule has 0 spiro atoms. The maximum absolute atomic E-state index is 12.7. The molecule has 3 N–H and O–H groups in total. The molecule has 160 valence electrons. The Morgan fingerprint density at radius 1 is 1.33 bits per heavy atom. The normalized spacial score (nSPS) is 14.2. The molecule has 9 nitrogen and oxygen atoms in total. The number of aromatic nitrogens is 2. The topological polar surface area (TPSA) is 149 Å². The summed E-state index contributed by atoms with van der Waals surface area (Å²) in [5.74, 6) is -0.965.